The van der Waals surface area contributed by atoms with Crippen molar-refractivity contribution in [3.8, 4) is 0 Å². The van der Waals surface area contributed by atoms with Gasteiger partial charge < -0.3 is 5.32 Å². The van der Waals surface area contributed by atoms with Gasteiger partial charge in [0.1, 0.15) is 0 Å². The lowest BCUT2D eigenvalue weighted by Gasteiger charge is -1.96. The Balaban J connectivity index is 1.69. The standard InChI is InChI=1S/C11H13N5OS2/c1-2-12-10-16-15-9(19-10)8(17)14-11-13-6-4-3-5-7(6)18-11/h2-5H2,1H3,(H,12,16)(H,13,14,17). The number of nitrogens with zero attached hydrogens (tertiary/aromatic N) is 3. The molecule has 2 N–H and O–H groups in total. The molecule has 0 saturated heterocycles. The minimum atomic E-state index is -0.242. The lowest BCUT2D eigenvalue weighted by Crippen LogP contribution is -2.11. The van der Waals surface area contributed by atoms with E-state index in [0.29, 0.717) is 15.3 Å². The summed E-state index contributed by atoms with van der Waals surface area (Å²) in [7, 11) is 0. The molecule has 0 fully saturated rings. The number of aromatic nitrogens is 3. The van der Waals surface area contributed by atoms with Crippen LogP contribution in [0.5, 0.6) is 0 Å². The van der Waals surface area contributed by atoms with Gasteiger partial charge in [-0.25, -0.2) is 4.98 Å². The molecule has 0 bridgehead atoms. The summed E-state index contributed by atoms with van der Waals surface area (Å²) in [6, 6.07) is 0. The van der Waals surface area contributed by atoms with Crippen LogP contribution < -0.4 is 10.6 Å². The van der Waals surface area contributed by atoms with Gasteiger partial charge >= 0.3 is 0 Å². The number of amides is 1. The number of hydrogen-bond acceptors (Lipinski definition) is 7. The summed E-state index contributed by atoms with van der Waals surface area (Å²) in [5.41, 5.74) is 1.13. The third-order valence-electron chi connectivity index (χ3n) is 2.76. The first-order valence-electron chi connectivity index (χ1n) is 6.13. The van der Waals surface area contributed by atoms with Gasteiger partial charge in [0.25, 0.3) is 5.91 Å². The van der Waals surface area contributed by atoms with Gasteiger partial charge in [0.05, 0.1) is 5.69 Å². The first-order valence-corrected chi connectivity index (χ1v) is 7.77. The minimum Gasteiger partial charge on any atom is -0.360 e. The molecule has 2 heterocycles. The van der Waals surface area contributed by atoms with Crippen LogP contribution in [-0.4, -0.2) is 27.6 Å². The highest BCUT2D eigenvalue weighted by Crippen LogP contribution is 2.30. The molecule has 1 amide bonds. The number of anilines is 2. The summed E-state index contributed by atoms with van der Waals surface area (Å²) in [5, 5.41) is 15.3. The van der Waals surface area contributed by atoms with Crippen molar-refractivity contribution in [2.45, 2.75) is 26.2 Å². The van der Waals surface area contributed by atoms with E-state index in [1.165, 1.54) is 22.6 Å². The fourth-order valence-corrected chi connectivity index (χ4v) is 3.68. The Morgan fingerprint density at radius 2 is 2.16 bits per heavy atom. The molecule has 2 aromatic rings. The zero-order valence-corrected chi connectivity index (χ0v) is 12.0. The number of hydrogen-bond donors (Lipinski definition) is 2. The molecule has 1 aliphatic rings. The molecule has 2 aromatic heterocycles. The molecule has 1 aliphatic carbocycles. The number of carbonyl (C=O) groups excluding carboxylic acids is 1. The van der Waals surface area contributed by atoms with E-state index in [0.717, 1.165) is 25.1 Å². The van der Waals surface area contributed by atoms with Gasteiger partial charge in [-0.1, -0.05) is 11.3 Å². The molecular weight excluding hydrogens is 282 g/mol. The SMILES string of the molecule is CCNc1nnc(C(=O)Nc2nc3c(s2)CCC3)s1. The van der Waals surface area contributed by atoms with Crippen molar-refractivity contribution in [3.05, 3.63) is 15.6 Å². The van der Waals surface area contributed by atoms with Crippen LogP contribution >= 0.6 is 22.7 Å². The summed E-state index contributed by atoms with van der Waals surface area (Å²) in [4.78, 5) is 17.7. The monoisotopic (exact) mass is 295 g/mol. The highest BCUT2D eigenvalue weighted by Gasteiger charge is 2.19. The van der Waals surface area contributed by atoms with Crippen molar-refractivity contribution in [2.24, 2.45) is 0 Å². The quantitative estimate of drug-likeness (QED) is 0.903. The average molecular weight is 295 g/mol. The fraction of sp³-hybridized carbons (Fsp3) is 0.455. The number of rotatable bonds is 4. The summed E-state index contributed by atoms with van der Waals surface area (Å²) >= 11 is 2.81. The van der Waals surface area contributed by atoms with E-state index in [2.05, 4.69) is 25.8 Å². The molecule has 6 nitrogen and oxygen atoms in total. The number of thiazole rings is 1. The van der Waals surface area contributed by atoms with Crippen LogP contribution in [0.3, 0.4) is 0 Å². The molecule has 0 atom stereocenters. The van der Waals surface area contributed by atoms with Crippen molar-refractivity contribution < 1.29 is 4.79 Å². The van der Waals surface area contributed by atoms with Crippen molar-refractivity contribution in [3.63, 3.8) is 0 Å². The van der Waals surface area contributed by atoms with Crippen molar-refractivity contribution in [2.75, 3.05) is 17.2 Å². The van der Waals surface area contributed by atoms with E-state index in [-0.39, 0.29) is 5.91 Å². The van der Waals surface area contributed by atoms with Gasteiger partial charge in [-0.3, -0.25) is 10.1 Å². The van der Waals surface area contributed by atoms with E-state index in [1.54, 1.807) is 11.3 Å². The van der Waals surface area contributed by atoms with E-state index in [4.69, 9.17) is 0 Å². The number of aryl methyl sites for hydroxylation is 2. The zero-order valence-electron chi connectivity index (χ0n) is 10.4. The fourth-order valence-electron chi connectivity index (χ4n) is 1.93. The first-order chi connectivity index (χ1) is 9.26. The third kappa shape index (κ3) is 2.59. The first kappa shape index (κ1) is 12.5. The van der Waals surface area contributed by atoms with Gasteiger partial charge in [0.2, 0.25) is 10.1 Å². The number of nitrogens with one attached hydrogen (secondary N) is 2. The normalized spacial score (nSPS) is 13.3. The van der Waals surface area contributed by atoms with E-state index in [9.17, 15) is 4.79 Å². The molecular formula is C11H13N5OS2. The predicted molar refractivity (Wildman–Crippen MR) is 76.2 cm³/mol. The van der Waals surface area contributed by atoms with E-state index < -0.39 is 0 Å². The topological polar surface area (TPSA) is 79.8 Å². The van der Waals surface area contributed by atoms with Crippen LogP contribution in [-0.2, 0) is 12.8 Å². The van der Waals surface area contributed by atoms with Gasteiger partial charge in [0.15, 0.2) is 5.13 Å². The Kier molecular flexibility index (Phi) is 3.43. The number of carbonyl (C=O) groups is 1. The van der Waals surface area contributed by atoms with Crippen LogP contribution in [0, 0.1) is 0 Å². The van der Waals surface area contributed by atoms with Crippen LogP contribution in [0.4, 0.5) is 10.3 Å². The molecule has 8 heteroatoms. The van der Waals surface area contributed by atoms with E-state index in [1.807, 2.05) is 6.92 Å². The maximum absolute atomic E-state index is 12.0. The molecule has 0 spiro atoms. The third-order valence-corrected chi connectivity index (χ3v) is 4.72. The van der Waals surface area contributed by atoms with Crippen molar-refractivity contribution >= 4 is 38.8 Å². The highest BCUT2D eigenvalue weighted by atomic mass is 32.1. The van der Waals surface area contributed by atoms with Gasteiger partial charge in [-0.15, -0.1) is 21.5 Å². The van der Waals surface area contributed by atoms with Crippen LogP contribution in [0.2, 0.25) is 0 Å². The van der Waals surface area contributed by atoms with Gasteiger partial charge in [-0.2, -0.15) is 0 Å². The average Bonchev–Trinajstić information content (AvgIpc) is 3.03. The second-order valence-corrected chi connectivity index (χ2v) is 6.20. The predicted octanol–water partition coefficient (Wildman–Crippen LogP) is 2.17. The van der Waals surface area contributed by atoms with E-state index >= 15 is 0 Å². The zero-order chi connectivity index (χ0) is 13.2. The van der Waals surface area contributed by atoms with Gasteiger partial charge in [-0.05, 0) is 26.2 Å². The molecule has 0 aromatic carbocycles. The van der Waals surface area contributed by atoms with Crippen LogP contribution in [0.1, 0.15) is 33.7 Å². The Morgan fingerprint density at radius 1 is 1.26 bits per heavy atom. The van der Waals surface area contributed by atoms with Crippen LogP contribution in [0.25, 0.3) is 0 Å². The Hall–Kier alpha value is -1.54. The lowest BCUT2D eigenvalue weighted by molar-refractivity contribution is 0.102. The summed E-state index contributed by atoms with van der Waals surface area (Å²) in [6.07, 6.45) is 3.27. The molecule has 0 saturated carbocycles. The molecule has 0 unspecified atom stereocenters. The Labute approximate surface area is 118 Å². The maximum atomic E-state index is 12.0. The Bertz CT molecular complexity index is 585. The molecule has 0 radical (unpaired) electrons. The summed E-state index contributed by atoms with van der Waals surface area (Å²) < 4.78 is 0. The van der Waals surface area contributed by atoms with Crippen molar-refractivity contribution in [1.82, 2.24) is 15.2 Å². The molecule has 100 valence electrons. The second-order valence-electron chi connectivity index (χ2n) is 4.14. The highest BCUT2D eigenvalue weighted by molar-refractivity contribution is 7.17. The summed E-state index contributed by atoms with van der Waals surface area (Å²) in [6.45, 7) is 2.73. The number of fused-ring (bicyclic) bond motifs is 1. The minimum absolute atomic E-state index is 0.242. The molecule has 3 rings (SSSR count). The van der Waals surface area contributed by atoms with Crippen LogP contribution in [0.15, 0.2) is 0 Å². The largest absolute Gasteiger partial charge is 0.360 e. The van der Waals surface area contributed by atoms with Gasteiger partial charge in [0, 0.05) is 11.4 Å². The van der Waals surface area contributed by atoms with Crippen molar-refractivity contribution in [1.29, 1.82) is 0 Å². The second kappa shape index (κ2) is 5.22. The molecule has 19 heavy (non-hydrogen) atoms. The summed E-state index contributed by atoms with van der Waals surface area (Å²) in [5.74, 6) is -0.242. The smallest absolute Gasteiger partial charge is 0.288 e. The lowest BCUT2D eigenvalue weighted by atomic mass is 10.4. The maximum Gasteiger partial charge on any atom is 0.288 e. The molecule has 0 aliphatic heterocycles. The Morgan fingerprint density at radius 3 is 2.95 bits per heavy atom.